The molecule has 4 aliphatic rings. The van der Waals surface area contributed by atoms with Crippen LogP contribution in [0.25, 0.3) is 0 Å². The van der Waals surface area contributed by atoms with E-state index in [1.165, 1.54) is 38.5 Å². The third-order valence-corrected chi connectivity index (χ3v) is 6.28. The fraction of sp³-hybridized carbons (Fsp3) is 0.722. The summed E-state index contributed by atoms with van der Waals surface area (Å²) in [5.74, 6) is 2.46. The van der Waals surface area contributed by atoms with Gasteiger partial charge in [-0.25, -0.2) is 0 Å². The van der Waals surface area contributed by atoms with Gasteiger partial charge in [-0.15, -0.1) is 0 Å². The second-order valence-electron chi connectivity index (χ2n) is 8.30. The Morgan fingerprint density at radius 3 is 2.17 bits per heavy atom. The molecule has 130 valence electrons. The molecular weight excluding hydrogens is 306 g/mol. The van der Waals surface area contributed by atoms with Crippen molar-refractivity contribution in [2.24, 2.45) is 23.2 Å². The van der Waals surface area contributed by atoms with Crippen molar-refractivity contribution in [3.05, 3.63) is 17.0 Å². The van der Waals surface area contributed by atoms with Gasteiger partial charge in [-0.1, -0.05) is 5.16 Å². The average molecular weight is 331 g/mol. The molecule has 1 heterocycles. The first-order chi connectivity index (χ1) is 11.4. The number of carbonyl (C=O) groups is 2. The van der Waals surface area contributed by atoms with Gasteiger partial charge < -0.3 is 4.52 Å². The normalized spacial score (nSPS) is 33.5. The van der Waals surface area contributed by atoms with Gasteiger partial charge in [-0.2, -0.15) is 0 Å². The summed E-state index contributed by atoms with van der Waals surface area (Å²) in [6, 6.07) is 0. The molecule has 4 aliphatic carbocycles. The Kier molecular flexibility index (Phi) is 3.66. The van der Waals surface area contributed by atoms with E-state index in [1.807, 2.05) is 0 Å². The third kappa shape index (κ3) is 2.72. The molecule has 0 aromatic carbocycles. The Labute approximate surface area is 141 Å². The highest BCUT2D eigenvalue weighted by Gasteiger charge is 2.51. The molecule has 0 unspecified atom stereocenters. The first-order valence-electron chi connectivity index (χ1n) is 8.96. The summed E-state index contributed by atoms with van der Waals surface area (Å²) in [4.78, 5) is 24.6. The number of nitrogens with zero attached hydrogens (tertiary/aromatic N) is 1. The van der Waals surface area contributed by atoms with Gasteiger partial charge in [0.1, 0.15) is 11.3 Å². The molecular formula is C18H25N3O3. The lowest BCUT2D eigenvalue weighted by atomic mass is 9.49. The highest BCUT2D eigenvalue weighted by atomic mass is 16.5. The molecule has 0 spiro atoms. The molecule has 0 aliphatic heterocycles. The molecule has 2 N–H and O–H groups in total. The zero-order valence-electron chi connectivity index (χ0n) is 14.4. The van der Waals surface area contributed by atoms with E-state index < -0.39 is 0 Å². The molecule has 4 fully saturated rings. The second-order valence-corrected chi connectivity index (χ2v) is 8.30. The Balaban J connectivity index is 1.35. The SMILES string of the molecule is Cc1noc(C)c1C(=O)NNC(=O)CC12CC3CC(CC(C3)C1)C2. The summed E-state index contributed by atoms with van der Waals surface area (Å²) in [7, 11) is 0. The highest BCUT2D eigenvalue weighted by Crippen LogP contribution is 2.61. The molecule has 6 heteroatoms. The average Bonchev–Trinajstić information content (AvgIpc) is 2.82. The lowest BCUT2D eigenvalue weighted by Gasteiger charge is -2.56. The molecule has 5 rings (SSSR count). The topological polar surface area (TPSA) is 84.2 Å². The molecule has 6 nitrogen and oxygen atoms in total. The van der Waals surface area contributed by atoms with Crippen LogP contribution in [0.3, 0.4) is 0 Å². The van der Waals surface area contributed by atoms with Crippen LogP contribution in [0, 0.1) is 37.0 Å². The van der Waals surface area contributed by atoms with Crippen molar-refractivity contribution in [2.45, 2.75) is 58.8 Å². The molecule has 24 heavy (non-hydrogen) atoms. The number of hydrogen-bond donors (Lipinski definition) is 2. The van der Waals surface area contributed by atoms with E-state index in [-0.39, 0.29) is 17.2 Å². The van der Waals surface area contributed by atoms with Crippen LogP contribution in [0.4, 0.5) is 0 Å². The van der Waals surface area contributed by atoms with Crippen LogP contribution < -0.4 is 10.9 Å². The maximum atomic E-state index is 12.4. The van der Waals surface area contributed by atoms with E-state index in [0.29, 0.717) is 23.4 Å². The molecule has 2 amide bonds. The van der Waals surface area contributed by atoms with Crippen LogP contribution in [0.1, 0.15) is 66.8 Å². The maximum absolute atomic E-state index is 12.4. The van der Waals surface area contributed by atoms with Gasteiger partial charge in [0.05, 0.1) is 5.69 Å². The van der Waals surface area contributed by atoms with Crippen molar-refractivity contribution < 1.29 is 14.1 Å². The Bertz CT molecular complexity index is 624. The standard InChI is InChI=1S/C18H25N3O3/c1-10-16(11(2)24-21-10)17(23)20-19-15(22)9-18-6-12-3-13(7-18)5-14(4-12)8-18/h12-14H,3-9H2,1-2H3,(H,19,22)(H,20,23). The Morgan fingerprint density at radius 2 is 1.67 bits per heavy atom. The predicted molar refractivity (Wildman–Crippen MR) is 86.8 cm³/mol. The zero-order valence-corrected chi connectivity index (χ0v) is 14.4. The summed E-state index contributed by atoms with van der Waals surface area (Å²) in [5, 5.41) is 3.76. The van der Waals surface area contributed by atoms with Crippen LogP contribution in [0.5, 0.6) is 0 Å². The van der Waals surface area contributed by atoms with E-state index in [1.54, 1.807) is 13.8 Å². The Morgan fingerprint density at radius 1 is 1.08 bits per heavy atom. The van der Waals surface area contributed by atoms with E-state index >= 15 is 0 Å². The summed E-state index contributed by atoms with van der Waals surface area (Å²) >= 11 is 0. The van der Waals surface area contributed by atoms with E-state index in [9.17, 15) is 9.59 Å². The highest BCUT2D eigenvalue weighted by molar-refractivity contribution is 5.97. The maximum Gasteiger partial charge on any atom is 0.275 e. The number of nitrogens with one attached hydrogen (secondary N) is 2. The summed E-state index contributed by atoms with van der Waals surface area (Å²) in [6.07, 6.45) is 8.17. The van der Waals surface area contributed by atoms with Gasteiger partial charge >= 0.3 is 0 Å². The van der Waals surface area contributed by atoms with Crippen molar-refractivity contribution in [3.8, 4) is 0 Å². The van der Waals surface area contributed by atoms with Crippen LogP contribution in [-0.2, 0) is 4.79 Å². The minimum absolute atomic E-state index is 0.0861. The number of hydrazine groups is 1. The van der Waals surface area contributed by atoms with Crippen molar-refractivity contribution >= 4 is 11.8 Å². The quantitative estimate of drug-likeness (QED) is 0.834. The van der Waals surface area contributed by atoms with Gasteiger partial charge in [0.25, 0.3) is 5.91 Å². The van der Waals surface area contributed by atoms with Gasteiger partial charge in [0.2, 0.25) is 5.91 Å². The summed E-state index contributed by atoms with van der Waals surface area (Å²) in [5.41, 5.74) is 6.20. The molecule has 4 bridgehead atoms. The first-order valence-corrected chi connectivity index (χ1v) is 8.96. The van der Waals surface area contributed by atoms with E-state index in [2.05, 4.69) is 16.0 Å². The zero-order chi connectivity index (χ0) is 16.9. The number of aryl methyl sites for hydroxylation is 2. The molecule has 1 aromatic rings. The number of amides is 2. The van der Waals surface area contributed by atoms with Crippen LogP contribution in [0.15, 0.2) is 4.52 Å². The molecule has 0 atom stereocenters. The molecule has 1 aromatic heterocycles. The van der Waals surface area contributed by atoms with Crippen molar-refractivity contribution in [2.75, 3.05) is 0 Å². The minimum Gasteiger partial charge on any atom is -0.361 e. The molecule has 0 radical (unpaired) electrons. The minimum atomic E-state index is -0.370. The molecule has 4 saturated carbocycles. The van der Waals surface area contributed by atoms with Gasteiger partial charge in [0.15, 0.2) is 0 Å². The Hall–Kier alpha value is -1.85. The lowest BCUT2D eigenvalue weighted by Crippen LogP contribution is -2.50. The first kappa shape index (κ1) is 15.7. The largest absolute Gasteiger partial charge is 0.361 e. The third-order valence-electron chi connectivity index (χ3n) is 6.28. The fourth-order valence-electron chi connectivity index (χ4n) is 5.89. The fourth-order valence-corrected chi connectivity index (χ4v) is 5.89. The van der Waals surface area contributed by atoms with Crippen molar-refractivity contribution in [1.29, 1.82) is 0 Å². The van der Waals surface area contributed by atoms with Crippen LogP contribution in [0.2, 0.25) is 0 Å². The monoisotopic (exact) mass is 331 g/mol. The molecule has 0 saturated heterocycles. The predicted octanol–water partition coefficient (Wildman–Crippen LogP) is 2.66. The van der Waals surface area contributed by atoms with E-state index in [0.717, 1.165) is 17.8 Å². The van der Waals surface area contributed by atoms with E-state index in [4.69, 9.17) is 4.52 Å². The lowest BCUT2D eigenvalue weighted by molar-refractivity contribution is -0.130. The van der Waals surface area contributed by atoms with Crippen molar-refractivity contribution in [1.82, 2.24) is 16.0 Å². The van der Waals surface area contributed by atoms with Crippen molar-refractivity contribution in [3.63, 3.8) is 0 Å². The number of rotatable bonds is 3. The number of hydrogen-bond acceptors (Lipinski definition) is 4. The van der Waals surface area contributed by atoms with Gasteiger partial charge in [-0.05, 0) is 75.5 Å². The van der Waals surface area contributed by atoms with Crippen LogP contribution >= 0.6 is 0 Å². The number of aromatic nitrogens is 1. The summed E-state index contributed by atoms with van der Waals surface area (Å²) in [6.45, 7) is 3.40. The smallest absolute Gasteiger partial charge is 0.275 e. The van der Waals surface area contributed by atoms with Gasteiger partial charge in [0, 0.05) is 6.42 Å². The second kappa shape index (κ2) is 5.60. The number of carbonyl (C=O) groups excluding carboxylic acids is 2. The van der Waals surface area contributed by atoms with Gasteiger partial charge in [-0.3, -0.25) is 20.4 Å². The summed E-state index contributed by atoms with van der Waals surface area (Å²) < 4.78 is 4.99. The van der Waals surface area contributed by atoms with Crippen LogP contribution in [-0.4, -0.2) is 17.0 Å².